The number of benzene rings is 1. The highest BCUT2D eigenvalue weighted by molar-refractivity contribution is 7.89. The average Bonchev–Trinajstić information content (AvgIpc) is 2.88. The molecule has 0 fully saturated rings. The van der Waals surface area contributed by atoms with Crippen molar-refractivity contribution in [1.29, 1.82) is 0 Å². The first-order valence-corrected chi connectivity index (χ1v) is 25.6. The molecule has 7 nitrogen and oxygen atoms in total. The lowest BCUT2D eigenvalue weighted by atomic mass is 10.0. The SMILES string of the molecule is CC[C@@H](CCC[C@@H](CO[Si](C)(C)C(C)(C)C)N(C(C)C)S(=O)(=O)c1ccc([C@@H](C)O[Si](C)(C)C(C)(C)C)cc1)N[S@](=O)C(C)(C)C. The Morgan fingerprint density at radius 2 is 1.35 bits per heavy atom. The van der Waals surface area contributed by atoms with E-state index in [9.17, 15) is 12.6 Å². The van der Waals surface area contributed by atoms with Crippen LogP contribution in [0.1, 0.15) is 127 Å². The van der Waals surface area contributed by atoms with Crippen LogP contribution >= 0.6 is 0 Å². The monoisotopic (exact) mass is 718 g/mol. The number of hydrogen-bond donors (Lipinski definition) is 1. The van der Waals surface area contributed by atoms with Gasteiger partial charge in [0.05, 0.1) is 33.3 Å². The summed E-state index contributed by atoms with van der Waals surface area (Å²) in [6.45, 7) is 36.5. The number of rotatable bonds is 17. The highest BCUT2D eigenvalue weighted by Gasteiger charge is 2.41. The van der Waals surface area contributed by atoms with E-state index >= 15 is 0 Å². The summed E-state index contributed by atoms with van der Waals surface area (Å²) in [5.74, 6) is 0. The van der Waals surface area contributed by atoms with Gasteiger partial charge in [-0.05, 0) is 115 Å². The van der Waals surface area contributed by atoms with Crippen LogP contribution in [0.25, 0.3) is 0 Å². The molecule has 0 aliphatic carbocycles. The molecular formula is C35H70N2O5S2Si2. The zero-order chi connectivity index (χ0) is 36.1. The molecule has 0 saturated carbocycles. The molecule has 0 heterocycles. The maximum atomic E-state index is 14.4. The number of nitrogens with one attached hydrogen (secondary N) is 1. The smallest absolute Gasteiger partial charge is 0.243 e. The van der Waals surface area contributed by atoms with Crippen molar-refractivity contribution in [2.45, 2.75) is 186 Å². The summed E-state index contributed by atoms with van der Waals surface area (Å²) in [5, 5.41) is 0.0903. The third-order valence-corrected chi connectivity index (χ3v) is 22.8. The first-order valence-electron chi connectivity index (χ1n) is 17.2. The van der Waals surface area contributed by atoms with Crippen LogP contribution in [0.4, 0.5) is 0 Å². The van der Waals surface area contributed by atoms with Gasteiger partial charge < -0.3 is 8.85 Å². The Hall–Kier alpha value is -0.406. The van der Waals surface area contributed by atoms with Gasteiger partial charge in [-0.15, -0.1) is 0 Å². The van der Waals surface area contributed by atoms with Crippen LogP contribution in [-0.2, 0) is 29.9 Å². The predicted molar refractivity (Wildman–Crippen MR) is 203 cm³/mol. The van der Waals surface area contributed by atoms with E-state index in [-0.39, 0.29) is 43.9 Å². The van der Waals surface area contributed by atoms with Crippen LogP contribution in [0.2, 0.25) is 36.3 Å². The maximum absolute atomic E-state index is 14.4. The van der Waals surface area contributed by atoms with Crippen LogP contribution in [-0.4, -0.2) is 63.0 Å². The van der Waals surface area contributed by atoms with Crippen LogP contribution in [0.15, 0.2) is 29.2 Å². The van der Waals surface area contributed by atoms with E-state index < -0.39 is 37.6 Å². The van der Waals surface area contributed by atoms with E-state index in [1.807, 2.05) is 53.7 Å². The van der Waals surface area contributed by atoms with Gasteiger partial charge in [-0.2, -0.15) is 4.31 Å². The van der Waals surface area contributed by atoms with Gasteiger partial charge in [0.25, 0.3) is 0 Å². The van der Waals surface area contributed by atoms with Crippen LogP contribution in [0.5, 0.6) is 0 Å². The maximum Gasteiger partial charge on any atom is 0.243 e. The van der Waals surface area contributed by atoms with Gasteiger partial charge in [-0.3, -0.25) is 0 Å². The molecular weight excluding hydrogens is 649 g/mol. The molecule has 0 aromatic heterocycles. The average molecular weight is 719 g/mol. The molecule has 270 valence electrons. The van der Waals surface area contributed by atoms with E-state index in [0.717, 1.165) is 24.8 Å². The molecule has 0 aliphatic rings. The van der Waals surface area contributed by atoms with Crippen LogP contribution in [0.3, 0.4) is 0 Å². The fourth-order valence-electron chi connectivity index (χ4n) is 4.69. The fourth-order valence-corrected chi connectivity index (χ4v) is 9.89. The van der Waals surface area contributed by atoms with Crippen molar-refractivity contribution in [3.63, 3.8) is 0 Å². The molecule has 11 heteroatoms. The highest BCUT2D eigenvalue weighted by atomic mass is 32.2. The molecule has 0 bridgehead atoms. The lowest BCUT2D eigenvalue weighted by molar-refractivity contribution is 0.161. The minimum atomic E-state index is -3.83. The van der Waals surface area contributed by atoms with Crippen molar-refractivity contribution in [1.82, 2.24) is 9.03 Å². The lowest BCUT2D eigenvalue weighted by Gasteiger charge is -2.40. The lowest BCUT2D eigenvalue weighted by Crippen LogP contribution is -2.50. The summed E-state index contributed by atoms with van der Waals surface area (Å²) >= 11 is 0. The normalized spacial score (nSPS) is 16.9. The van der Waals surface area contributed by atoms with Crippen LogP contribution < -0.4 is 4.72 Å². The minimum absolute atomic E-state index is 0.00629. The number of hydrogen-bond acceptors (Lipinski definition) is 5. The van der Waals surface area contributed by atoms with Gasteiger partial charge in [0.1, 0.15) is 0 Å². The summed E-state index contributed by atoms with van der Waals surface area (Å²) in [6, 6.07) is 6.77. The molecule has 0 spiro atoms. The van der Waals surface area contributed by atoms with Crippen molar-refractivity contribution in [3.05, 3.63) is 29.8 Å². The van der Waals surface area contributed by atoms with Gasteiger partial charge in [-0.1, -0.05) is 67.0 Å². The van der Waals surface area contributed by atoms with E-state index in [0.29, 0.717) is 13.0 Å². The molecule has 1 rings (SSSR count). The summed E-state index contributed by atoms with van der Waals surface area (Å²) in [6.07, 6.45) is 2.97. The molecule has 0 unspecified atom stereocenters. The van der Waals surface area contributed by atoms with Crippen molar-refractivity contribution in [2.24, 2.45) is 0 Å². The topological polar surface area (TPSA) is 84.9 Å². The van der Waals surface area contributed by atoms with E-state index in [4.69, 9.17) is 8.85 Å². The Bertz CT molecular complexity index is 1220. The Kier molecular flexibility index (Phi) is 15.7. The fraction of sp³-hybridized carbons (Fsp3) is 0.829. The Morgan fingerprint density at radius 1 is 0.848 bits per heavy atom. The number of nitrogens with zero attached hydrogens (tertiary/aromatic N) is 1. The molecule has 1 N–H and O–H groups in total. The molecule has 4 atom stereocenters. The minimum Gasteiger partial charge on any atom is -0.415 e. The molecule has 46 heavy (non-hydrogen) atoms. The zero-order valence-electron chi connectivity index (χ0n) is 32.5. The standard InChI is InChI=1S/C35H70N2O5S2Si2/c1-18-30(36-43(38)33(5,6)7)20-19-21-31(26-41-45(14,15)34(8,9)10)37(27(2)3)44(39,40)32-24-22-29(23-25-32)28(4)42-46(16,17)35(11,12)13/h22-25,27-28,30-31,36H,18-21,26H2,1-17H3/t28-,30+,31+,43-/m1/s1. The molecule has 1 aromatic carbocycles. The van der Waals surface area contributed by atoms with Gasteiger partial charge >= 0.3 is 0 Å². The molecule has 0 amide bonds. The first-order chi connectivity index (χ1) is 20.6. The van der Waals surface area contributed by atoms with Crippen molar-refractivity contribution in [2.75, 3.05) is 6.61 Å². The second-order valence-electron chi connectivity index (χ2n) is 17.3. The van der Waals surface area contributed by atoms with Gasteiger partial charge in [0.2, 0.25) is 10.0 Å². The summed E-state index contributed by atoms with van der Waals surface area (Å²) < 4.78 is 59.5. The Morgan fingerprint density at radius 3 is 1.76 bits per heavy atom. The second kappa shape index (κ2) is 16.5. The van der Waals surface area contributed by atoms with Gasteiger partial charge in [0.15, 0.2) is 16.6 Å². The molecule has 0 aliphatic heterocycles. The summed E-state index contributed by atoms with van der Waals surface area (Å²) in [5.41, 5.74) is 0.975. The van der Waals surface area contributed by atoms with E-state index in [1.165, 1.54) is 0 Å². The molecule has 0 saturated heterocycles. The van der Waals surface area contributed by atoms with Crippen molar-refractivity contribution < 1.29 is 21.5 Å². The van der Waals surface area contributed by atoms with Crippen molar-refractivity contribution in [3.8, 4) is 0 Å². The second-order valence-corrected chi connectivity index (χ2v) is 30.7. The molecule has 0 radical (unpaired) electrons. The van der Waals surface area contributed by atoms with Gasteiger partial charge in [0, 0.05) is 18.1 Å². The molecule has 1 aromatic rings. The van der Waals surface area contributed by atoms with E-state index in [1.54, 1.807) is 16.4 Å². The quantitative estimate of drug-likeness (QED) is 0.162. The highest BCUT2D eigenvalue weighted by Crippen LogP contribution is 2.40. The zero-order valence-corrected chi connectivity index (χ0v) is 36.1. The largest absolute Gasteiger partial charge is 0.415 e. The van der Waals surface area contributed by atoms with Gasteiger partial charge in [-0.25, -0.2) is 17.3 Å². The summed E-state index contributed by atoms with van der Waals surface area (Å²) in [7, 11) is -9.11. The third-order valence-electron chi connectivity index (χ3n) is 9.93. The first kappa shape index (κ1) is 43.6. The Labute approximate surface area is 289 Å². The van der Waals surface area contributed by atoms with Crippen molar-refractivity contribution >= 4 is 37.6 Å². The third kappa shape index (κ3) is 12.2. The Balaban J connectivity index is 3.37. The van der Waals surface area contributed by atoms with E-state index in [2.05, 4.69) is 79.4 Å². The number of sulfonamides is 1. The van der Waals surface area contributed by atoms with Crippen LogP contribution in [0, 0.1) is 0 Å². The summed E-state index contributed by atoms with van der Waals surface area (Å²) in [4.78, 5) is 0.287. The predicted octanol–water partition coefficient (Wildman–Crippen LogP) is 9.56.